The molecule has 4 rings (SSSR count). The number of methoxy groups -OCH3 is 1. The summed E-state index contributed by atoms with van der Waals surface area (Å²) in [5.74, 6) is 0.0893. The van der Waals surface area contributed by atoms with Gasteiger partial charge in [0.05, 0.1) is 12.6 Å². The Balaban J connectivity index is 2.06. The molecule has 2 aromatic carbocycles. The molecule has 2 heterocycles. The van der Waals surface area contributed by atoms with Crippen molar-refractivity contribution in [1.82, 2.24) is 14.9 Å². The first-order valence-corrected chi connectivity index (χ1v) is 12.9. The van der Waals surface area contributed by atoms with Crippen LogP contribution in [0.4, 0.5) is 0 Å². The van der Waals surface area contributed by atoms with Gasteiger partial charge in [0.1, 0.15) is 5.60 Å². The monoisotopic (exact) mass is 547 g/mol. The highest BCUT2D eigenvalue weighted by Crippen LogP contribution is 2.47. The van der Waals surface area contributed by atoms with E-state index in [0.717, 1.165) is 49.0 Å². The summed E-state index contributed by atoms with van der Waals surface area (Å²) in [7, 11) is 5.70. The van der Waals surface area contributed by atoms with E-state index in [0.29, 0.717) is 18.8 Å². The summed E-state index contributed by atoms with van der Waals surface area (Å²) in [5.41, 5.74) is 5.19. The van der Waals surface area contributed by atoms with Crippen molar-refractivity contribution in [2.75, 3.05) is 27.7 Å². The quantitative estimate of drug-likeness (QED) is 0.280. The lowest BCUT2D eigenvalue weighted by Gasteiger charge is -2.39. The van der Waals surface area contributed by atoms with Gasteiger partial charge in [0.25, 0.3) is 0 Å². The summed E-state index contributed by atoms with van der Waals surface area (Å²) < 4.78 is 6.84. The summed E-state index contributed by atoms with van der Waals surface area (Å²) in [5, 5.41) is 13.8. The molecular weight excluding hydrogens is 514 g/mol. The van der Waals surface area contributed by atoms with Crippen LogP contribution in [0.3, 0.4) is 0 Å². The lowest BCUT2D eigenvalue weighted by atomic mass is 9.71. The molecule has 188 valence electrons. The number of ether oxygens (including phenoxy) is 1. The maximum Gasteiger partial charge on any atom is 0.217 e. The summed E-state index contributed by atoms with van der Waals surface area (Å²) >= 11 is 3.60. The van der Waals surface area contributed by atoms with Crippen molar-refractivity contribution in [2.45, 2.75) is 38.7 Å². The van der Waals surface area contributed by atoms with Gasteiger partial charge in [0, 0.05) is 39.3 Å². The number of pyridine rings is 2. The molecule has 0 saturated heterocycles. The molecule has 2 unspecified atom stereocenters. The molecule has 0 aliphatic heterocycles. The van der Waals surface area contributed by atoms with Gasteiger partial charge in [-0.1, -0.05) is 45.8 Å². The molecule has 2 atom stereocenters. The van der Waals surface area contributed by atoms with Crippen molar-refractivity contribution in [1.29, 1.82) is 0 Å². The van der Waals surface area contributed by atoms with Gasteiger partial charge in [0.15, 0.2) is 0 Å². The van der Waals surface area contributed by atoms with Gasteiger partial charge < -0.3 is 14.7 Å². The Bertz CT molecular complexity index is 1370. The Kier molecular flexibility index (Phi) is 7.79. The number of halogens is 1. The Morgan fingerprint density at radius 3 is 2.33 bits per heavy atom. The summed E-state index contributed by atoms with van der Waals surface area (Å²) in [4.78, 5) is 11.6. The van der Waals surface area contributed by atoms with Gasteiger partial charge in [0.2, 0.25) is 5.88 Å². The highest BCUT2D eigenvalue weighted by atomic mass is 79.9. The van der Waals surface area contributed by atoms with Gasteiger partial charge in [-0.25, -0.2) is 4.98 Å². The van der Waals surface area contributed by atoms with Crippen LogP contribution in [0, 0.1) is 20.8 Å². The topological polar surface area (TPSA) is 58.5 Å². The second kappa shape index (κ2) is 10.7. The Morgan fingerprint density at radius 1 is 0.972 bits per heavy atom. The van der Waals surface area contributed by atoms with E-state index in [1.165, 1.54) is 0 Å². The van der Waals surface area contributed by atoms with Crippen LogP contribution in [0.15, 0.2) is 65.1 Å². The normalized spacial score (nSPS) is 14.1. The third-order valence-electron chi connectivity index (χ3n) is 6.65. The van der Waals surface area contributed by atoms with E-state index < -0.39 is 11.5 Å². The molecule has 5 nitrogen and oxygen atoms in total. The first-order valence-electron chi connectivity index (χ1n) is 12.1. The van der Waals surface area contributed by atoms with Crippen molar-refractivity contribution < 1.29 is 9.84 Å². The molecule has 0 amide bonds. The molecule has 2 aromatic heterocycles. The van der Waals surface area contributed by atoms with Crippen LogP contribution >= 0.6 is 15.9 Å². The molecule has 6 heteroatoms. The van der Waals surface area contributed by atoms with Crippen LogP contribution in [0.25, 0.3) is 10.9 Å². The fourth-order valence-electron chi connectivity index (χ4n) is 5.01. The van der Waals surface area contributed by atoms with E-state index in [1.807, 2.05) is 58.3 Å². The maximum absolute atomic E-state index is 12.8. The number of nitrogens with zero attached hydrogens (tertiary/aromatic N) is 3. The fourth-order valence-corrected chi connectivity index (χ4v) is 5.39. The SMILES string of the molecule is COc1nc2ccc(Br)cc2cc1C(c1cccc(C)c1)C(O)(CCN(C)C)c1cc(C)nc(C)c1. The molecule has 0 aliphatic carbocycles. The first kappa shape index (κ1) is 26.3. The third kappa shape index (κ3) is 5.46. The van der Waals surface area contributed by atoms with E-state index in [4.69, 9.17) is 9.72 Å². The molecule has 36 heavy (non-hydrogen) atoms. The van der Waals surface area contributed by atoms with Crippen molar-refractivity contribution in [2.24, 2.45) is 0 Å². The number of hydrogen-bond donors (Lipinski definition) is 1. The Labute approximate surface area is 222 Å². The standard InChI is InChI=1S/C30H34BrN3O2/c1-19-8-7-9-22(14-19)28(26-18-23-17-25(31)10-11-27(23)33-29(26)36-6)30(35,12-13-34(4)5)24-15-20(2)32-21(3)16-24/h7-11,14-18,28,35H,12-13H2,1-6H3. The number of fused-ring (bicyclic) bond motifs is 1. The minimum Gasteiger partial charge on any atom is -0.481 e. The van der Waals surface area contributed by atoms with Gasteiger partial charge >= 0.3 is 0 Å². The lowest BCUT2D eigenvalue weighted by Crippen LogP contribution is -2.38. The first-order chi connectivity index (χ1) is 17.1. The average Bonchev–Trinajstić information content (AvgIpc) is 2.82. The molecule has 0 radical (unpaired) electrons. The minimum atomic E-state index is -1.24. The molecule has 1 N–H and O–H groups in total. The van der Waals surface area contributed by atoms with Crippen LogP contribution in [-0.2, 0) is 5.60 Å². The zero-order chi connectivity index (χ0) is 26.0. The van der Waals surface area contributed by atoms with Gasteiger partial charge in [-0.05, 0) is 88.8 Å². The van der Waals surface area contributed by atoms with Crippen molar-refractivity contribution in [3.05, 3.63) is 98.8 Å². The van der Waals surface area contributed by atoms with Gasteiger partial charge in [-0.2, -0.15) is 0 Å². The fraction of sp³-hybridized carbons (Fsp3) is 0.333. The van der Waals surface area contributed by atoms with E-state index in [2.05, 4.69) is 63.1 Å². The largest absolute Gasteiger partial charge is 0.481 e. The third-order valence-corrected chi connectivity index (χ3v) is 7.14. The van der Waals surface area contributed by atoms with E-state index in [9.17, 15) is 5.11 Å². The minimum absolute atomic E-state index is 0.426. The van der Waals surface area contributed by atoms with Gasteiger partial charge in [-0.15, -0.1) is 0 Å². The van der Waals surface area contributed by atoms with Crippen LogP contribution in [0.2, 0.25) is 0 Å². The molecule has 0 aliphatic rings. The van der Waals surface area contributed by atoms with Gasteiger partial charge in [-0.3, -0.25) is 4.98 Å². The highest BCUT2D eigenvalue weighted by Gasteiger charge is 2.42. The van der Waals surface area contributed by atoms with Crippen molar-refractivity contribution >= 4 is 26.8 Å². The Morgan fingerprint density at radius 2 is 1.69 bits per heavy atom. The van der Waals surface area contributed by atoms with E-state index in [1.54, 1.807) is 7.11 Å². The molecule has 0 saturated carbocycles. The highest BCUT2D eigenvalue weighted by molar-refractivity contribution is 9.10. The number of benzene rings is 2. The van der Waals surface area contributed by atoms with E-state index in [-0.39, 0.29) is 0 Å². The van der Waals surface area contributed by atoms with Crippen molar-refractivity contribution in [3.8, 4) is 5.88 Å². The predicted octanol–water partition coefficient (Wildman–Crippen LogP) is 6.30. The average molecular weight is 549 g/mol. The summed E-state index contributed by atoms with van der Waals surface area (Å²) in [6.45, 7) is 6.72. The predicted molar refractivity (Wildman–Crippen MR) is 150 cm³/mol. The number of rotatable bonds is 8. The summed E-state index contributed by atoms with van der Waals surface area (Å²) in [6, 6.07) is 20.5. The molecule has 0 fully saturated rings. The van der Waals surface area contributed by atoms with Crippen LogP contribution in [0.1, 0.15) is 46.0 Å². The van der Waals surface area contributed by atoms with Crippen LogP contribution in [0.5, 0.6) is 5.88 Å². The Hall–Kier alpha value is -2.80. The number of aromatic nitrogens is 2. The second-order valence-corrected chi connectivity index (χ2v) is 10.8. The maximum atomic E-state index is 12.8. The zero-order valence-corrected chi connectivity index (χ0v) is 23.4. The number of hydrogen-bond acceptors (Lipinski definition) is 5. The van der Waals surface area contributed by atoms with Crippen LogP contribution in [-0.4, -0.2) is 47.7 Å². The summed E-state index contributed by atoms with van der Waals surface area (Å²) in [6.07, 6.45) is 0.515. The molecule has 0 spiro atoms. The van der Waals surface area contributed by atoms with Crippen molar-refractivity contribution in [3.63, 3.8) is 0 Å². The van der Waals surface area contributed by atoms with E-state index >= 15 is 0 Å². The van der Waals surface area contributed by atoms with Crippen LogP contribution < -0.4 is 4.74 Å². The number of aryl methyl sites for hydroxylation is 3. The molecule has 4 aromatic rings. The second-order valence-electron chi connectivity index (χ2n) is 9.89. The molecule has 0 bridgehead atoms. The number of aliphatic hydroxyl groups is 1. The zero-order valence-electron chi connectivity index (χ0n) is 21.8. The lowest BCUT2D eigenvalue weighted by molar-refractivity contribution is 0.00360. The smallest absolute Gasteiger partial charge is 0.217 e. The molecular formula is C30H34BrN3O2.